The molecule has 28 heavy (non-hydrogen) atoms. The Morgan fingerprint density at radius 1 is 0.964 bits per heavy atom. The molecule has 0 radical (unpaired) electrons. The maximum absolute atomic E-state index is 12.7. The summed E-state index contributed by atoms with van der Waals surface area (Å²) in [5.74, 6) is 2.79. The Morgan fingerprint density at radius 3 is 2.57 bits per heavy atom. The molecule has 0 bridgehead atoms. The summed E-state index contributed by atoms with van der Waals surface area (Å²) in [6.45, 7) is 5.27. The van der Waals surface area contributed by atoms with Gasteiger partial charge < -0.3 is 14.7 Å². The Bertz CT molecular complexity index is 748. The number of piperidine rings is 1. The number of amides is 1. The molecule has 2 aliphatic rings. The number of piperazine rings is 1. The Labute approximate surface area is 166 Å². The smallest absolute Gasteiger partial charge is 0.222 e. The van der Waals surface area contributed by atoms with Crippen molar-refractivity contribution in [2.24, 2.45) is 5.92 Å². The molecule has 4 heterocycles. The average Bonchev–Trinajstić information content (AvgIpc) is 2.79. The second-order valence-corrected chi connectivity index (χ2v) is 7.61. The Balaban J connectivity index is 1.22. The van der Waals surface area contributed by atoms with E-state index in [0.29, 0.717) is 12.3 Å². The summed E-state index contributed by atoms with van der Waals surface area (Å²) in [6, 6.07) is 5.97. The van der Waals surface area contributed by atoms with Gasteiger partial charge in [-0.1, -0.05) is 6.07 Å². The van der Waals surface area contributed by atoms with E-state index in [1.54, 1.807) is 12.4 Å². The predicted octanol–water partition coefficient (Wildman–Crippen LogP) is 2.22. The van der Waals surface area contributed by atoms with Crippen molar-refractivity contribution < 1.29 is 4.79 Å². The van der Waals surface area contributed by atoms with Gasteiger partial charge in [-0.2, -0.15) is 0 Å². The van der Waals surface area contributed by atoms with Crippen molar-refractivity contribution in [3.05, 3.63) is 43.0 Å². The van der Waals surface area contributed by atoms with Crippen LogP contribution in [0.1, 0.15) is 25.7 Å². The van der Waals surface area contributed by atoms with E-state index in [9.17, 15) is 4.79 Å². The molecule has 0 aliphatic carbocycles. The molecular weight excluding hydrogens is 352 g/mol. The Morgan fingerprint density at radius 2 is 1.82 bits per heavy atom. The standard InChI is InChI=1S/C21H28N6O/c28-21(26-14-12-25(13-15-26)19-5-1-2-8-23-19)7-6-18-4-3-11-27(17-18)20-16-22-9-10-24-20/h1-2,5,8-10,16,18H,3-4,6-7,11-15,17H2/t18-/m0/s1. The van der Waals surface area contributed by atoms with Crippen molar-refractivity contribution in [1.82, 2.24) is 19.9 Å². The zero-order valence-electron chi connectivity index (χ0n) is 16.3. The van der Waals surface area contributed by atoms with Crippen molar-refractivity contribution in [2.45, 2.75) is 25.7 Å². The summed E-state index contributed by atoms with van der Waals surface area (Å²) >= 11 is 0. The third-order valence-corrected chi connectivity index (χ3v) is 5.76. The molecule has 2 aromatic heterocycles. The molecule has 0 spiro atoms. The van der Waals surface area contributed by atoms with E-state index in [-0.39, 0.29) is 5.91 Å². The zero-order valence-corrected chi connectivity index (χ0v) is 16.3. The molecule has 148 valence electrons. The third-order valence-electron chi connectivity index (χ3n) is 5.76. The zero-order chi connectivity index (χ0) is 19.2. The van der Waals surface area contributed by atoms with Gasteiger partial charge in [0.05, 0.1) is 6.20 Å². The molecule has 0 aromatic carbocycles. The highest BCUT2D eigenvalue weighted by Gasteiger charge is 2.25. The van der Waals surface area contributed by atoms with Gasteiger partial charge in [0.15, 0.2) is 0 Å². The second-order valence-electron chi connectivity index (χ2n) is 7.61. The molecule has 4 rings (SSSR count). The van der Waals surface area contributed by atoms with E-state index in [1.165, 1.54) is 6.42 Å². The van der Waals surface area contributed by atoms with Crippen LogP contribution in [0.15, 0.2) is 43.0 Å². The van der Waals surface area contributed by atoms with E-state index in [2.05, 4.69) is 24.8 Å². The molecule has 2 aromatic rings. The van der Waals surface area contributed by atoms with Crippen LogP contribution in [0, 0.1) is 5.92 Å². The van der Waals surface area contributed by atoms with E-state index in [0.717, 1.165) is 63.7 Å². The molecule has 1 atom stereocenters. The fourth-order valence-electron chi connectivity index (χ4n) is 4.17. The van der Waals surface area contributed by atoms with Gasteiger partial charge in [0, 0.05) is 64.3 Å². The highest BCUT2D eigenvalue weighted by Crippen LogP contribution is 2.24. The molecule has 7 nitrogen and oxygen atoms in total. The largest absolute Gasteiger partial charge is 0.355 e. The van der Waals surface area contributed by atoms with Gasteiger partial charge in [0.1, 0.15) is 11.6 Å². The lowest BCUT2D eigenvalue weighted by Gasteiger charge is -2.36. The Hall–Kier alpha value is -2.70. The van der Waals surface area contributed by atoms with Crippen LogP contribution < -0.4 is 9.80 Å². The number of hydrogen-bond donors (Lipinski definition) is 0. The molecule has 2 fully saturated rings. The lowest BCUT2D eigenvalue weighted by Crippen LogP contribution is -2.49. The third kappa shape index (κ3) is 4.58. The van der Waals surface area contributed by atoms with Gasteiger partial charge >= 0.3 is 0 Å². The first-order chi connectivity index (χ1) is 13.8. The number of hydrogen-bond acceptors (Lipinski definition) is 6. The minimum Gasteiger partial charge on any atom is -0.355 e. The number of carbonyl (C=O) groups excluding carboxylic acids is 1. The normalized spacial score (nSPS) is 20.3. The van der Waals surface area contributed by atoms with Crippen LogP contribution in [-0.4, -0.2) is 65.0 Å². The Kier molecular flexibility index (Phi) is 5.99. The maximum atomic E-state index is 12.7. The fraction of sp³-hybridized carbons (Fsp3) is 0.524. The lowest BCUT2D eigenvalue weighted by molar-refractivity contribution is -0.131. The van der Waals surface area contributed by atoms with Gasteiger partial charge in [-0.3, -0.25) is 9.78 Å². The topological polar surface area (TPSA) is 65.5 Å². The number of aromatic nitrogens is 3. The van der Waals surface area contributed by atoms with Gasteiger partial charge in [0.2, 0.25) is 5.91 Å². The van der Waals surface area contributed by atoms with E-state index in [1.807, 2.05) is 35.5 Å². The summed E-state index contributed by atoms with van der Waals surface area (Å²) in [5, 5.41) is 0. The highest BCUT2D eigenvalue weighted by molar-refractivity contribution is 5.76. The van der Waals surface area contributed by atoms with Crippen LogP contribution in [0.25, 0.3) is 0 Å². The highest BCUT2D eigenvalue weighted by atomic mass is 16.2. The van der Waals surface area contributed by atoms with Crippen molar-refractivity contribution >= 4 is 17.5 Å². The van der Waals surface area contributed by atoms with Crippen LogP contribution in [0.5, 0.6) is 0 Å². The summed E-state index contributed by atoms with van der Waals surface area (Å²) < 4.78 is 0. The lowest BCUT2D eigenvalue weighted by atomic mass is 9.93. The van der Waals surface area contributed by atoms with E-state index >= 15 is 0 Å². The van der Waals surface area contributed by atoms with Crippen molar-refractivity contribution in [3.8, 4) is 0 Å². The van der Waals surface area contributed by atoms with Gasteiger partial charge in [-0.05, 0) is 37.3 Å². The van der Waals surface area contributed by atoms with Crippen LogP contribution in [-0.2, 0) is 4.79 Å². The van der Waals surface area contributed by atoms with Gasteiger partial charge in [-0.25, -0.2) is 9.97 Å². The summed E-state index contributed by atoms with van der Waals surface area (Å²) in [7, 11) is 0. The number of carbonyl (C=O) groups is 1. The average molecular weight is 380 g/mol. The maximum Gasteiger partial charge on any atom is 0.222 e. The summed E-state index contributed by atoms with van der Waals surface area (Å²) in [4.78, 5) is 32.3. The number of nitrogens with zero attached hydrogens (tertiary/aromatic N) is 6. The monoisotopic (exact) mass is 380 g/mol. The number of rotatable bonds is 5. The van der Waals surface area contributed by atoms with Crippen molar-refractivity contribution in [2.75, 3.05) is 49.1 Å². The second kappa shape index (κ2) is 8.99. The first kappa shape index (κ1) is 18.7. The number of pyridine rings is 1. The van der Waals surface area contributed by atoms with Gasteiger partial charge in [-0.15, -0.1) is 0 Å². The molecule has 0 N–H and O–H groups in total. The van der Waals surface area contributed by atoms with E-state index in [4.69, 9.17) is 0 Å². The summed E-state index contributed by atoms with van der Waals surface area (Å²) in [6.07, 6.45) is 11.0. The summed E-state index contributed by atoms with van der Waals surface area (Å²) in [5.41, 5.74) is 0. The SMILES string of the molecule is O=C(CC[C@@H]1CCCN(c2cnccn2)C1)N1CCN(c2ccccn2)CC1. The van der Waals surface area contributed by atoms with Crippen LogP contribution in [0.4, 0.5) is 11.6 Å². The molecule has 2 aliphatic heterocycles. The molecule has 0 saturated carbocycles. The number of anilines is 2. The van der Waals surface area contributed by atoms with E-state index < -0.39 is 0 Å². The fourth-order valence-corrected chi connectivity index (χ4v) is 4.17. The molecular formula is C21H28N6O. The molecule has 1 amide bonds. The predicted molar refractivity (Wildman–Crippen MR) is 109 cm³/mol. The first-order valence-electron chi connectivity index (χ1n) is 10.2. The van der Waals surface area contributed by atoms with Gasteiger partial charge in [0.25, 0.3) is 0 Å². The quantitative estimate of drug-likeness (QED) is 0.792. The van der Waals surface area contributed by atoms with Crippen molar-refractivity contribution in [1.29, 1.82) is 0 Å². The molecule has 2 saturated heterocycles. The van der Waals surface area contributed by atoms with Crippen LogP contribution in [0.2, 0.25) is 0 Å². The minimum absolute atomic E-state index is 0.289. The van der Waals surface area contributed by atoms with Crippen LogP contribution >= 0.6 is 0 Å². The molecule has 7 heteroatoms. The van der Waals surface area contributed by atoms with Crippen LogP contribution in [0.3, 0.4) is 0 Å². The van der Waals surface area contributed by atoms with Crippen molar-refractivity contribution in [3.63, 3.8) is 0 Å². The minimum atomic E-state index is 0.289. The molecule has 0 unspecified atom stereocenters. The first-order valence-corrected chi connectivity index (χ1v) is 10.2.